The first-order valence-corrected chi connectivity index (χ1v) is 4.94. The molecule has 0 atom stereocenters. The molecule has 0 radical (unpaired) electrons. The van der Waals surface area contributed by atoms with E-state index in [1.165, 1.54) is 6.07 Å². The molecular formula is C12H11NO5. The second-order valence-electron chi connectivity index (χ2n) is 3.41. The van der Waals surface area contributed by atoms with E-state index in [9.17, 15) is 14.4 Å². The van der Waals surface area contributed by atoms with Crippen LogP contribution in [0.5, 0.6) is 0 Å². The van der Waals surface area contributed by atoms with Gasteiger partial charge in [-0.25, -0.2) is 9.59 Å². The SMILES string of the molecule is Cc1cc(=O)oc2ccccc12.NC(=O)C(=O)O. The van der Waals surface area contributed by atoms with Gasteiger partial charge in [-0.1, -0.05) is 18.2 Å². The number of hydrogen-bond acceptors (Lipinski definition) is 4. The largest absolute Gasteiger partial charge is 0.474 e. The molecular weight excluding hydrogens is 238 g/mol. The molecule has 0 spiro atoms. The molecule has 6 heteroatoms. The van der Waals surface area contributed by atoms with Crippen LogP contribution in [0, 0.1) is 6.92 Å². The van der Waals surface area contributed by atoms with Crippen molar-refractivity contribution in [2.75, 3.05) is 0 Å². The second kappa shape index (κ2) is 5.62. The van der Waals surface area contributed by atoms with E-state index in [2.05, 4.69) is 5.73 Å². The predicted octanol–water partition coefficient (Wildman–Crippen LogP) is 0.658. The van der Waals surface area contributed by atoms with Crippen LogP contribution >= 0.6 is 0 Å². The summed E-state index contributed by atoms with van der Waals surface area (Å²) in [7, 11) is 0. The van der Waals surface area contributed by atoms with Crippen LogP contribution in [0.2, 0.25) is 0 Å². The number of hydrogen-bond donors (Lipinski definition) is 2. The number of primary amides is 1. The van der Waals surface area contributed by atoms with Gasteiger partial charge in [0.15, 0.2) is 0 Å². The molecule has 0 aliphatic heterocycles. The number of para-hydroxylation sites is 1. The Morgan fingerprint density at radius 2 is 1.83 bits per heavy atom. The third kappa shape index (κ3) is 3.44. The van der Waals surface area contributed by atoms with Crippen molar-refractivity contribution in [2.24, 2.45) is 5.73 Å². The predicted molar refractivity (Wildman–Crippen MR) is 64.1 cm³/mol. The van der Waals surface area contributed by atoms with Crippen molar-refractivity contribution in [3.63, 3.8) is 0 Å². The van der Waals surface area contributed by atoms with Crippen molar-refractivity contribution in [1.82, 2.24) is 0 Å². The Morgan fingerprint density at radius 1 is 1.28 bits per heavy atom. The van der Waals surface area contributed by atoms with Gasteiger partial charge in [0.1, 0.15) is 5.58 Å². The minimum absolute atomic E-state index is 0.286. The second-order valence-corrected chi connectivity index (χ2v) is 3.41. The summed E-state index contributed by atoms with van der Waals surface area (Å²) in [6.07, 6.45) is 0. The summed E-state index contributed by atoms with van der Waals surface area (Å²) in [4.78, 5) is 29.5. The van der Waals surface area contributed by atoms with Crippen LogP contribution in [0.25, 0.3) is 11.0 Å². The van der Waals surface area contributed by atoms with Crippen molar-refractivity contribution in [1.29, 1.82) is 0 Å². The van der Waals surface area contributed by atoms with Crippen molar-refractivity contribution in [3.8, 4) is 0 Å². The molecule has 1 aromatic carbocycles. The van der Waals surface area contributed by atoms with Gasteiger partial charge in [-0.05, 0) is 18.6 Å². The van der Waals surface area contributed by atoms with Gasteiger partial charge in [0, 0.05) is 11.5 Å². The molecule has 0 fully saturated rings. The molecule has 0 unspecified atom stereocenters. The van der Waals surface area contributed by atoms with Gasteiger partial charge in [-0.2, -0.15) is 0 Å². The summed E-state index contributed by atoms with van der Waals surface area (Å²) in [6, 6.07) is 9.01. The molecule has 2 aromatic rings. The Bertz CT molecular complexity index is 632. The van der Waals surface area contributed by atoms with Crippen LogP contribution in [0.15, 0.2) is 39.5 Å². The molecule has 1 aromatic heterocycles. The monoisotopic (exact) mass is 249 g/mol. The van der Waals surface area contributed by atoms with E-state index < -0.39 is 11.9 Å². The number of nitrogens with two attached hydrogens (primary N) is 1. The van der Waals surface area contributed by atoms with E-state index in [-0.39, 0.29) is 5.63 Å². The first-order valence-electron chi connectivity index (χ1n) is 4.94. The fourth-order valence-corrected chi connectivity index (χ4v) is 1.27. The lowest BCUT2D eigenvalue weighted by Gasteiger charge is -1.97. The van der Waals surface area contributed by atoms with Crippen LogP contribution in [-0.2, 0) is 9.59 Å². The highest BCUT2D eigenvalue weighted by atomic mass is 16.4. The minimum Gasteiger partial charge on any atom is -0.474 e. The average molecular weight is 249 g/mol. The average Bonchev–Trinajstić information content (AvgIpc) is 2.29. The number of aliphatic carboxylic acids is 1. The summed E-state index contributed by atoms with van der Waals surface area (Å²) in [5.74, 6) is -2.93. The van der Waals surface area contributed by atoms with Crippen LogP contribution in [0.3, 0.4) is 0 Å². The van der Waals surface area contributed by atoms with Crippen molar-refractivity contribution >= 4 is 22.8 Å². The fourth-order valence-electron chi connectivity index (χ4n) is 1.27. The van der Waals surface area contributed by atoms with Crippen molar-refractivity contribution in [3.05, 3.63) is 46.3 Å². The Hall–Kier alpha value is -2.63. The lowest BCUT2D eigenvalue weighted by atomic mass is 10.1. The van der Waals surface area contributed by atoms with Crippen LogP contribution in [-0.4, -0.2) is 17.0 Å². The molecule has 1 amide bonds. The molecule has 0 saturated carbocycles. The molecule has 2 rings (SSSR count). The summed E-state index contributed by atoms with van der Waals surface area (Å²) >= 11 is 0. The molecule has 0 saturated heterocycles. The number of fused-ring (bicyclic) bond motifs is 1. The summed E-state index contributed by atoms with van der Waals surface area (Å²) in [5, 5.41) is 8.51. The summed E-state index contributed by atoms with van der Waals surface area (Å²) < 4.78 is 4.99. The van der Waals surface area contributed by atoms with E-state index in [1.807, 2.05) is 25.1 Å². The van der Waals surface area contributed by atoms with Crippen LogP contribution < -0.4 is 11.4 Å². The first-order chi connectivity index (χ1) is 8.41. The molecule has 0 bridgehead atoms. The maximum atomic E-state index is 10.9. The van der Waals surface area contributed by atoms with Crippen LogP contribution in [0.1, 0.15) is 5.56 Å². The maximum absolute atomic E-state index is 10.9. The normalized spacial score (nSPS) is 9.39. The van der Waals surface area contributed by atoms with Gasteiger partial charge < -0.3 is 15.3 Å². The van der Waals surface area contributed by atoms with Crippen molar-refractivity contribution in [2.45, 2.75) is 6.92 Å². The van der Waals surface area contributed by atoms with E-state index in [1.54, 1.807) is 6.07 Å². The quantitative estimate of drug-likeness (QED) is 0.526. The topological polar surface area (TPSA) is 111 Å². The van der Waals surface area contributed by atoms with E-state index in [0.29, 0.717) is 5.58 Å². The highest BCUT2D eigenvalue weighted by Gasteiger charge is 2.00. The lowest BCUT2D eigenvalue weighted by molar-refractivity contribution is -0.148. The molecule has 0 aliphatic carbocycles. The van der Waals surface area contributed by atoms with Gasteiger partial charge >= 0.3 is 17.5 Å². The third-order valence-corrected chi connectivity index (χ3v) is 2.07. The first kappa shape index (κ1) is 13.4. The fraction of sp³-hybridized carbons (Fsp3) is 0.0833. The number of carbonyl (C=O) groups is 2. The molecule has 6 nitrogen and oxygen atoms in total. The zero-order chi connectivity index (χ0) is 13.7. The number of carboxylic acid groups (broad SMARTS) is 1. The highest BCUT2D eigenvalue weighted by Crippen LogP contribution is 2.14. The zero-order valence-corrected chi connectivity index (χ0v) is 9.54. The lowest BCUT2D eigenvalue weighted by Crippen LogP contribution is -2.21. The third-order valence-electron chi connectivity index (χ3n) is 2.07. The number of carboxylic acids is 1. The Balaban J connectivity index is 0.000000232. The Morgan fingerprint density at radius 3 is 2.39 bits per heavy atom. The van der Waals surface area contributed by atoms with Gasteiger partial charge in [-0.15, -0.1) is 0 Å². The summed E-state index contributed by atoms with van der Waals surface area (Å²) in [6.45, 7) is 1.90. The van der Waals surface area contributed by atoms with E-state index >= 15 is 0 Å². The van der Waals surface area contributed by atoms with E-state index in [4.69, 9.17) is 9.52 Å². The minimum atomic E-state index is -1.60. The summed E-state index contributed by atoms with van der Waals surface area (Å²) in [5.41, 5.74) is 5.53. The van der Waals surface area contributed by atoms with Gasteiger partial charge in [0.25, 0.3) is 0 Å². The van der Waals surface area contributed by atoms with Crippen molar-refractivity contribution < 1.29 is 19.1 Å². The molecule has 94 valence electrons. The Labute approximate surface area is 102 Å². The molecule has 18 heavy (non-hydrogen) atoms. The van der Waals surface area contributed by atoms with E-state index in [0.717, 1.165) is 10.9 Å². The molecule has 1 heterocycles. The zero-order valence-electron chi connectivity index (χ0n) is 9.54. The molecule has 3 N–H and O–H groups in total. The Kier molecular flexibility index (Phi) is 4.20. The van der Waals surface area contributed by atoms with Crippen LogP contribution in [0.4, 0.5) is 0 Å². The smallest absolute Gasteiger partial charge is 0.394 e. The van der Waals surface area contributed by atoms with Gasteiger partial charge in [-0.3, -0.25) is 4.79 Å². The molecule has 0 aliphatic rings. The number of amides is 1. The number of carbonyl (C=O) groups excluding carboxylic acids is 1. The number of benzene rings is 1. The van der Waals surface area contributed by atoms with Gasteiger partial charge in [0.2, 0.25) is 0 Å². The number of aryl methyl sites for hydroxylation is 1. The number of rotatable bonds is 0. The standard InChI is InChI=1S/C10H8O2.C2H3NO3/c1-7-6-10(11)12-9-5-3-2-4-8(7)9;3-1(4)2(5)6/h2-6H,1H3;(H2,3,4)(H,5,6). The highest BCUT2D eigenvalue weighted by molar-refractivity contribution is 6.30. The van der Waals surface area contributed by atoms with Gasteiger partial charge in [0.05, 0.1) is 0 Å². The maximum Gasteiger partial charge on any atom is 0.394 e.